The van der Waals surface area contributed by atoms with E-state index in [4.69, 9.17) is 0 Å². The van der Waals surface area contributed by atoms with E-state index in [0.29, 0.717) is 5.69 Å². The number of benzene rings is 2. The highest BCUT2D eigenvalue weighted by molar-refractivity contribution is 5.93. The summed E-state index contributed by atoms with van der Waals surface area (Å²) in [6, 6.07) is 16.2. The Morgan fingerprint density at radius 2 is 1.89 bits per heavy atom. The molecule has 0 spiro atoms. The first kappa shape index (κ1) is 19.5. The minimum atomic E-state index is -0.733. The number of hydrogen-bond acceptors (Lipinski definition) is 3. The van der Waals surface area contributed by atoms with Gasteiger partial charge < -0.3 is 5.32 Å². The minimum Gasteiger partial charge on any atom is -0.324 e. The minimum absolute atomic E-state index is 0.277. The van der Waals surface area contributed by atoms with Gasteiger partial charge in [0.15, 0.2) is 0 Å². The van der Waals surface area contributed by atoms with Crippen molar-refractivity contribution in [3.8, 4) is 11.3 Å². The lowest BCUT2D eigenvalue weighted by Crippen LogP contribution is -2.33. The summed E-state index contributed by atoms with van der Waals surface area (Å²) >= 11 is 0. The van der Waals surface area contributed by atoms with Gasteiger partial charge in [0.1, 0.15) is 6.04 Å². The molecule has 5 heteroatoms. The Morgan fingerprint density at radius 3 is 2.64 bits per heavy atom. The van der Waals surface area contributed by atoms with Gasteiger partial charge in [-0.25, -0.2) is 4.68 Å². The first-order valence-corrected chi connectivity index (χ1v) is 9.46. The molecule has 0 saturated carbocycles. The Balaban J connectivity index is 1.90. The number of nitrogens with zero attached hydrogens (tertiary/aromatic N) is 2. The predicted octanol–water partition coefficient (Wildman–Crippen LogP) is 4.29. The Labute approximate surface area is 165 Å². The highest BCUT2D eigenvalue weighted by Crippen LogP contribution is 2.22. The van der Waals surface area contributed by atoms with Crippen LogP contribution in [0.3, 0.4) is 0 Å². The molecule has 0 radical (unpaired) electrons. The molecule has 0 aliphatic heterocycles. The standard InChI is InChI=1S/C23H25N3O2/c1-5-18-7-6-8-19(14-18)24-23(28)17(4)26-22(27)12-11-21(25-26)20-13-15(2)9-10-16(20)3/h6-14,17H,5H2,1-4H3,(H,24,28)/t17-/m0/s1. The average Bonchev–Trinajstić information content (AvgIpc) is 2.70. The van der Waals surface area contributed by atoms with Crippen LogP contribution in [0.15, 0.2) is 59.4 Å². The van der Waals surface area contributed by atoms with Crippen LogP contribution in [0.4, 0.5) is 5.69 Å². The number of aryl methyl sites for hydroxylation is 3. The maximum atomic E-state index is 12.7. The van der Waals surface area contributed by atoms with Crippen molar-refractivity contribution in [1.82, 2.24) is 9.78 Å². The quantitative estimate of drug-likeness (QED) is 0.723. The zero-order valence-electron chi connectivity index (χ0n) is 16.7. The zero-order chi connectivity index (χ0) is 20.3. The van der Waals surface area contributed by atoms with Gasteiger partial charge in [0.05, 0.1) is 5.69 Å². The Bertz CT molecular complexity index is 1070. The molecule has 0 bridgehead atoms. The first-order valence-electron chi connectivity index (χ1n) is 9.46. The fourth-order valence-electron chi connectivity index (χ4n) is 3.08. The molecule has 1 aromatic heterocycles. The molecule has 0 aliphatic carbocycles. The van der Waals surface area contributed by atoms with Gasteiger partial charge in [-0.15, -0.1) is 0 Å². The van der Waals surface area contributed by atoms with Crippen molar-refractivity contribution in [3.05, 3.63) is 81.6 Å². The first-order chi connectivity index (χ1) is 13.4. The number of carbonyl (C=O) groups is 1. The summed E-state index contributed by atoms with van der Waals surface area (Å²) in [4.78, 5) is 25.1. The molecule has 2 aromatic carbocycles. The van der Waals surface area contributed by atoms with E-state index in [0.717, 1.165) is 34.4 Å². The Morgan fingerprint density at radius 1 is 1.11 bits per heavy atom. The van der Waals surface area contributed by atoms with Crippen molar-refractivity contribution < 1.29 is 4.79 Å². The van der Waals surface area contributed by atoms with E-state index in [1.54, 1.807) is 13.0 Å². The molecule has 1 atom stereocenters. The molecule has 3 aromatic rings. The van der Waals surface area contributed by atoms with E-state index >= 15 is 0 Å². The molecule has 0 aliphatic rings. The topological polar surface area (TPSA) is 64.0 Å². The molecule has 0 saturated heterocycles. The number of aromatic nitrogens is 2. The van der Waals surface area contributed by atoms with E-state index < -0.39 is 6.04 Å². The SMILES string of the molecule is CCc1cccc(NC(=O)[C@H](C)n2nc(-c3cc(C)ccc3C)ccc2=O)c1. The monoisotopic (exact) mass is 375 g/mol. The summed E-state index contributed by atoms with van der Waals surface area (Å²) < 4.78 is 1.25. The highest BCUT2D eigenvalue weighted by Gasteiger charge is 2.18. The lowest BCUT2D eigenvalue weighted by atomic mass is 10.0. The third kappa shape index (κ3) is 4.19. The van der Waals surface area contributed by atoms with Crippen LogP contribution in [0.1, 0.15) is 36.6 Å². The van der Waals surface area contributed by atoms with Crippen molar-refractivity contribution in [2.75, 3.05) is 5.32 Å². The fraction of sp³-hybridized carbons (Fsp3) is 0.261. The Kier molecular flexibility index (Phi) is 5.73. The third-order valence-electron chi connectivity index (χ3n) is 4.84. The van der Waals surface area contributed by atoms with Crippen LogP contribution in [0, 0.1) is 13.8 Å². The van der Waals surface area contributed by atoms with Gasteiger partial charge >= 0.3 is 0 Å². The maximum Gasteiger partial charge on any atom is 0.267 e. The van der Waals surface area contributed by atoms with E-state index in [1.165, 1.54) is 10.7 Å². The number of carbonyl (C=O) groups excluding carboxylic acids is 1. The number of anilines is 1. The van der Waals surface area contributed by atoms with E-state index in [-0.39, 0.29) is 11.5 Å². The summed E-state index contributed by atoms with van der Waals surface area (Å²) in [5.41, 5.74) is 5.36. The molecule has 5 nitrogen and oxygen atoms in total. The summed E-state index contributed by atoms with van der Waals surface area (Å²) in [7, 11) is 0. The van der Waals surface area contributed by atoms with Crippen molar-refractivity contribution >= 4 is 11.6 Å². The lowest BCUT2D eigenvalue weighted by molar-refractivity contribution is -0.119. The van der Waals surface area contributed by atoms with Crippen LogP contribution < -0.4 is 10.9 Å². The molecule has 28 heavy (non-hydrogen) atoms. The second-order valence-electron chi connectivity index (χ2n) is 7.04. The Hall–Kier alpha value is -3.21. The molecular formula is C23H25N3O2. The molecule has 1 N–H and O–H groups in total. The second-order valence-corrected chi connectivity index (χ2v) is 7.04. The third-order valence-corrected chi connectivity index (χ3v) is 4.84. The van der Waals surface area contributed by atoms with Crippen LogP contribution in [-0.4, -0.2) is 15.7 Å². The predicted molar refractivity (Wildman–Crippen MR) is 113 cm³/mol. The molecule has 1 heterocycles. The smallest absolute Gasteiger partial charge is 0.267 e. The van der Waals surface area contributed by atoms with Crippen molar-refractivity contribution in [2.45, 2.75) is 40.2 Å². The fourth-order valence-corrected chi connectivity index (χ4v) is 3.08. The molecule has 0 fully saturated rings. The number of rotatable bonds is 5. The van der Waals surface area contributed by atoms with Crippen LogP contribution in [0.25, 0.3) is 11.3 Å². The molecule has 144 valence electrons. The van der Waals surface area contributed by atoms with Gasteiger partial charge in [-0.05, 0) is 62.6 Å². The highest BCUT2D eigenvalue weighted by atomic mass is 16.2. The van der Waals surface area contributed by atoms with Gasteiger partial charge in [0.25, 0.3) is 5.56 Å². The average molecular weight is 375 g/mol. The van der Waals surface area contributed by atoms with Crippen LogP contribution in [-0.2, 0) is 11.2 Å². The molecule has 3 rings (SSSR count). The maximum absolute atomic E-state index is 12.7. The number of nitrogens with one attached hydrogen (secondary N) is 1. The second kappa shape index (κ2) is 8.21. The van der Waals surface area contributed by atoms with Gasteiger partial charge in [-0.1, -0.05) is 36.8 Å². The molecular weight excluding hydrogens is 350 g/mol. The lowest BCUT2D eigenvalue weighted by Gasteiger charge is -2.16. The van der Waals surface area contributed by atoms with E-state index in [1.807, 2.05) is 56.3 Å². The van der Waals surface area contributed by atoms with Crippen molar-refractivity contribution in [2.24, 2.45) is 0 Å². The van der Waals surface area contributed by atoms with Crippen molar-refractivity contribution in [1.29, 1.82) is 0 Å². The van der Waals surface area contributed by atoms with Crippen LogP contribution in [0.5, 0.6) is 0 Å². The van der Waals surface area contributed by atoms with Gasteiger partial charge in [-0.2, -0.15) is 5.10 Å². The van der Waals surface area contributed by atoms with Crippen molar-refractivity contribution in [3.63, 3.8) is 0 Å². The summed E-state index contributed by atoms with van der Waals surface area (Å²) in [6.07, 6.45) is 0.887. The summed E-state index contributed by atoms with van der Waals surface area (Å²) in [5, 5.41) is 7.37. The number of hydrogen-bond donors (Lipinski definition) is 1. The molecule has 0 unspecified atom stereocenters. The van der Waals surface area contributed by atoms with Gasteiger partial charge in [0, 0.05) is 17.3 Å². The van der Waals surface area contributed by atoms with Gasteiger partial charge in [0.2, 0.25) is 5.91 Å². The molecule has 1 amide bonds. The van der Waals surface area contributed by atoms with Gasteiger partial charge in [-0.3, -0.25) is 9.59 Å². The normalized spacial score (nSPS) is 11.9. The number of amides is 1. The summed E-state index contributed by atoms with van der Waals surface area (Å²) in [5.74, 6) is -0.277. The zero-order valence-corrected chi connectivity index (χ0v) is 16.7. The van der Waals surface area contributed by atoms with Crippen LogP contribution >= 0.6 is 0 Å². The van der Waals surface area contributed by atoms with Crippen LogP contribution in [0.2, 0.25) is 0 Å². The van der Waals surface area contributed by atoms with E-state index in [2.05, 4.69) is 17.3 Å². The summed E-state index contributed by atoms with van der Waals surface area (Å²) in [6.45, 7) is 7.76. The van der Waals surface area contributed by atoms with E-state index in [9.17, 15) is 9.59 Å². The largest absolute Gasteiger partial charge is 0.324 e.